The number of hydrogen-bond acceptors (Lipinski definition) is 5. The molecule has 0 unspecified atom stereocenters. The number of aryl methyl sites for hydroxylation is 1. The number of fused-ring (bicyclic) bond motifs is 1. The fraction of sp³-hybridized carbons (Fsp3) is 0.333. The Kier molecular flexibility index (Phi) is 10.9. The Bertz CT molecular complexity index is 1650. The first kappa shape index (κ1) is 33.1. The lowest BCUT2D eigenvalue weighted by Crippen LogP contribution is -2.63. The molecular weight excluding hydrogens is 568 g/mol. The maximum absolute atomic E-state index is 14.8. The number of aliphatic carboxylic acids is 1. The maximum atomic E-state index is 14.8. The molecule has 4 rings (SSSR count). The van der Waals surface area contributed by atoms with Crippen molar-refractivity contribution in [3.05, 3.63) is 107 Å². The molecule has 2 atom stereocenters. The molecule has 0 radical (unpaired) electrons. The Morgan fingerprint density at radius 1 is 0.933 bits per heavy atom. The van der Waals surface area contributed by atoms with Gasteiger partial charge >= 0.3 is 5.97 Å². The molecule has 0 aliphatic rings. The number of amides is 2. The van der Waals surface area contributed by atoms with E-state index in [9.17, 15) is 24.3 Å². The lowest BCUT2D eigenvalue weighted by Gasteiger charge is -2.38. The molecule has 6 N–H and O–H groups in total. The number of carbonyl (C=O) groups is 4. The Hall–Kier alpha value is -4.76. The van der Waals surface area contributed by atoms with E-state index in [-0.39, 0.29) is 32.2 Å². The van der Waals surface area contributed by atoms with Crippen molar-refractivity contribution in [1.29, 1.82) is 0 Å². The summed E-state index contributed by atoms with van der Waals surface area (Å²) in [5, 5.41) is 10.0. The second kappa shape index (κ2) is 14.8. The van der Waals surface area contributed by atoms with E-state index in [1.807, 2.05) is 92.7 Å². The minimum absolute atomic E-state index is 0.0120. The molecule has 9 nitrogen and oxygen atoms in total. The van der Waals surface area contributed by atoms with Crippen molar-refractivity contribution in [1.82, 2.24) is 9.88 Å². The number of aromatic nitrogens is 1. The number of Topliss-reactive ketones (excluding diaryl/α,β-unsaturated/α-hetero) is 1. The lowest BCUT2D eigenvalue weighted by molar-refractivity contribution is -0.140. The van der Waals surface area contributed by atoms with Crippen LogP contribution in [0.15, 0.2) is 78.9 Å². The van der Waals surface area contributed by atoms with Crippen molar-refractivity contribution in [3.63, 3.8) is 0 Å². The van der Waals surface area contributed by atoms with Crippen molar-refractivity contribution in [2.45, 2.75) is 70.4 Å². The fourth-order valence-electron chi connectivity index (χ4n) is 5.92. The lowest BCUT2D eigenvalue weighted by atomic mass is 9.81. The SMILES string of the molecule is CCCN(C(=O)[C@](N)(CCCC(=O)O)C(=O)c1c(Cc2ccccc2)[nH]c2ccccc12)[C@H](CC(N)=O)Cc1ccc(C)cc1. The highest BCUT2D eigenvalue weighted by Crippen LogP contribution is 2.31. The second-order valence-corrected chi connectivity index (χ2v) is 11.7. The van der Waals surface area contributed by atoms with Gasteiger partial charge in [0.25, 0.3) is 5.91 Å². The monoisotopic (exact) mass is 610 g/mol. The molecule has 0 fully saturated rings. The summed E-state index contributed by atoms with van der Waals surface area (Å²) in [6.45, 7) is 4.11. The molecule has 2 amide bonds. The van der Waals surface area contributed by atoms with Crippen LogP contribution in [0.3, 0.4) is 0 Å². The molecule has 0 spiro atoms. The Balaban J connectivity index is 1.81. The number of carbonyl (C=O) groups excluding carboxylic acids is 3. The first-order chi connectivity index (χ1) is 21.5. The zero-order chi connectivity index (χ0) is 32.6. The quantitative estimate of drug-likeness (QED) is 0.104. The standard InChI is InChI=1S/C36H42N4O5/c1-3-20-40(27(23-31(37)41)21-26-17-15-24(2)16-18-26)35(45)36(38,19-9-14-32(42)43)34(44)33-28-12-7-8-13-29(28)39-30(33)22-25-10-5-4-6-11-25/h4-8,10-13,15-18,27,39H,3,9,14,19-23,38H2,1-2H3,(H2,37,41)(H,42,43)/t27-,36-/m0/s1. The molecule has 45 heavy (non-hydrogen) atoms. The van der Waals surface area contributed by atoms with Crippen LogP contribution in [0.4, 0.5) is 0 Å². The molecule has 0 saturated carbocycles. The largest absolute Gasteiger partial charge is 0.481 e. The number of para-hydroxylation sites is 1. The number of benzene rings is 3. The molecule has 236 valence electrons. The molecular formula is C36H42N4O5. The molecule has 0 bridgehead atoms. The molecule has 0 saturated heterocycles. The maximum Gasteiger partial charge on any atom is 0.303 e. The summed E-state index contributed by atoms with van der Waals surface area (Å²) in [4.78, 5) is 58.2. The molecule has 1 heterocycles. The Morgan fingerprint density at radius 2 is 1.60 bits per heavy atom. The Labute approximate surface area is 263 Å². The van der Waals surface area contributed by atoms with Gasteiger partial charge in [0.15, 0.2) is 11.3 Å². The van der Waals surface area contributed by atoms with Crippen molar-refractivity contribution in [2.75, 3.05) is 6.54 Å². The van der Waals surface area contributed by atoms with E-state index in [1.165, 1.54) is 4.90 Å². The third-order valence-corrected chi connectivity index (χ3v) is 8.18. The minimum atomic E-state index is -2.09. The summed E-state index contributed by atoms with van der Waals surface area (Å²) >= 11 is 0. The second-order valence-electron chi connectivity index (χ2n) is 11.7. The molecule has 1 aromatic heterocycles. The number of rotatable bonds is 16. The van der Waals surface area contributed by atoms with E-state index in [4.69, 9.17) is 11.5 Å². The molecule has 4 aromatic rings. The molecule has 9 heteroatoms. The third-order valence-electron chi connectivity index (χ3n) is 8.18. The van der Waals surface area contributed by atoms with E-state index in [0.29, 0.717) is 35.9 Å². The van der Waals surface area contributed by atoms with Gasteiger partial charge in [0.05, 0.1) is 0 Å². The number of carboxylic acid groups (broad SMARTS) is 1. The van der Waals surface area contributed by atoms with Gasteiger partial charge in [-0.25, -0.2) is 0 Å². The van der Waals surface area contributed by atoms with Crippen LogP contribution < -0.4 is 11.5 Å². The van der Waals surface area contributed by atoms with Gasteiger partial charge in [-0.1, -0.05) is 85.3 Å². The normalized spacial score (nSPS) is 13.2. The van der Waals surface area contributed by atoms with Gasteiger partial charge in [-0.2, -0.15) is 0 Å². The number of H-pyrrole nitrogens is 1. The van der Waals surface area contributed by atoms with Crippen LogP contribution in [0.25, 0.3) is 10.9 Å². The van der Waals surface area contributed by atoms with E-state index in [0.717, 1.165) is 22.2 Å². The number of nitrogens with one attached hydrogen (secondary N) is 1. The number of nitrogens with two attached hydrogens (primary N) is 2. The predicted molar refractivity (Wildman–Crippen MR) is 175 cm³/mol. The average molecular weight is 611 g/mol. The van der Waals surface area contributed by atoms with Gasteiger partial charge < -0.3 is 26.5 Å². The highest BCUT2D eigenvalue weighted by atomic mass is 16.4. The number of aromatic amines is 1. The number of hydrogen-bond donors (Lipinski definition) is 4. The van der Waals surface area contributed by atoms with Gasteiger partial charge in [-0.3, -0.25) is 19.2 Å². The summed E-state index contributed by atoms with van der Waals surface area (Å²) in [6, 6.07) is 24.1. The zero-order valence-corrected chi connectivity index (χ0v) is 25.9. The summed E-state index contributed by atoms with van der Waals surface area (Å²) in [5.41, 5.74) is 15.1. The van der Waals surface area contributed by atoms with Crippen LogP contribution in [-0.2, 0) is 27.2 Å². The van der Waals surface area contributed by atoms with Gasteiger partial charge in [0.2, 0.25) is 5.91 Å². The van der Waals surface area contributed by atoms with E-state index >= 15 is 0 Å². The van der Waals surface area contributed by atoms with Crippen LogP contribution >= 0.6 is 0 Å². The molecule has 0 aliphatic heterocycles. The van der Waals surface area contributed by atoms with Gasteiger partial charge in [0.1, 0.15) is 0 Å². The zero-order valence-electron chi connectivity index (χ0n) is 25.9. The summed E-state index contributed by atoms with van der Waals surface area (Å²) in [7, 11) is 0. The molecule has 0 aliphatic carbocycles. The van der Waals surface area contributed by atoms with E-state index < -0.39 is 35.1 Å². The van der Waals surface area contributed by atoms with Crippen molar-refractivity contribution >= 4 is 34.5 Å². The summed E-state index contributed by atoms with van der Waals surface area (Å²) in [5.74, 6) is -2.86. The van der Waals surface area contributed by atoms with Crippen LogP contribution in [0.2, 0.25) is 0 Å². The van der Waals surface area contributed by atoms with Crippen LogP contribution in [-0.4, -0.2) is 56.7 Å². The van der Waals surface area contributed by atoms with Crippen molar-refractivity contribution in [2.24, 2.45) is 11.5 Å². The number of nitrogens with zero attached hydrogens (tertiary/aromatic N) is 1. The minimum Gasteiger partial charge on any atom is -0.481 e. The third kappa shape index (κ3) is 8.05. The smallest absolute Gasteiger partial charge is 0.303 e. The van der Waals surface area contributed by atoms with Gasteiger partial charge in [-0.05, 0) is 49.8 Å². The number of primary amides is 1. The Morgan fingerprint density at radius 3 is 2.24 bits per heavy atom. The number of carboxylic acids is 1. The van der Waals surface area contributed by atoms with Crippen LogP contribution in [0, 0.1) is 6.92 Å². The predicted octanol–water partition coefficient (Wildman–Crippen LogP) is 4.93. The summed E-state index contributed by atoms with van der Waals surface area (Å²) < 4.78 is 0. The van der Waals surface area contributed by atoms with Gasteiger partial charge in [0, 0.05) is 54.0 Å². The van der Waals surface area contributed by atoms with E-state index in [2.05, 4.69) is 4.98 Å². The van der Waals surface area contributed by atoms with Crippen molar-refractivity contribution < 1.29 is 24.3 Å². The van der Waals surface area contributed by atoms with E-state index in [1.54, 1.807) is 0 Å². The molecule has 3 aromatic carbocycles. The fourth-order valence-corrected chi connectivity index (χ4v) is 5.92. The van der Waals surface area contributed by atoms with Crippen molar-refractivity contribution in [3.8, 4) is 0 Å². The van der Waals surface area contributed by atoms with Crippen LogP contribution in [0.1, 0.15) is 71.8 Å². The topological polar surface area (TPSA) is 160 Å². The number of ketones is 1. The van der Waals surface area contributed by atoms with Gasteiger partial charge in [-0.15, -0.1) is 0 Å². The first-order valence-corrected chi connectivity index (χ1v) is 15.4. The average Bonchev–Trinajstić information content (AvgIpc) is 3.37. The highest BCUT2D eigenvalue weighted by Gasteiger charge is 2.47. The summed E-state index contributed by atoms with van der Waals surface area (Å²) in [6.07, 6.45) is 0.721. The first-order valence-electron chi connectivity index (χ1n) is 15.4. The highest BCUT2D eigenvalue weighted by molar-refractivity contribution is 6.23. The van der Waals surface area contributed by atoms with Crippen LogP contribution in [0.5, 0.6) is 0 Å².